The van der Waals surface area contributed by atoms with E-state index in [1.807, 2.05) is 6.92 Å². The molecular weight excluding hydrogens is 234 g/mol. The zero-order valence-electron chi connectivity index (χ0n) is 11.3. The molecule has 1 rings (SSSR count). The van der Waals surface area contributed by atoms with Crippen molar-refractivity contribution in [1.29, 1.82) is 0 Å². The molecule has 18 heavy (non-hydrogen) atoms. The summed E-state index contributed by atoms with van der Waals surface area (Å²) in [5.41, 5.74) is -1.73. The van der Waals surface area contributed by atoms with Crippen LogP contribution in [0.15, 0.2) is 0 Å². The minimum atomic E-state index is -1.73. The Hall–Kier alpha value is -1.10. The second kappa shape index (κ2) is 5.69. The summed E-state index contributed by atoms with van der Waals surface area (Å²) in [6.45, 7) is 6.83. The molecule has 0 radical (unpaired) electrons. The lowest BCUT2D eigenvalue weighted by Crippen LogP contribution is -2.51. The molecule has 2 unspecified atom stereocenters. The summed E-state index contributed by atoms with van der Waals surface area (Å²) in [6, 6.07) is -0.0394. The monoisotopic (exact) mass is 257 g/mol. The van der Waals surface area contributed by atoms with Gasteiger partial charge in [-0.2, -0.15) is 0 Å². The first kappa shape index (κ1) is 15.0. The van der Waals surface area contributed by atoms with Gasteiger partial charge in [0.05, 0.1) is 0 Å². The van der Waals surface area contributed by atoms with Crippen molar-refractivity contribution < 1.29 is 19.8 Å². The van der Waals surface area contributed by atoms with Crippen LogP contribution in [0.3, 0.4) is 0 Å². The van der Waals surface area contributed by atoms with E-state index in [1.165, 1.54) is 13.3 Å². The number of hydrogen-bond acceptors (Lipinski definition) is 3. The topological polar surface area (TPSA) is 77.8 Å². The zero-order chi connectivity index (χ0) is 13.9. The number of rotatable bonds is 5. The summed E-state index contributed by atoms with van der Waals surface area (Å²) in [6.07, 6.45) is 3.41. The van der Waals surface area contributed by atoms with Gasteiger partial charge < -0.3 is 15.1 Å². The number of likely N-dealkylation sites (tertiary alicyclic amines) is 1. The van der Waals surface area contributed by atoms with Gasteiger partial charge >= 0.3 is 11.9 Å². The minimum absolute atomic E-state index is 0.0394. The van der Waals surface area contributed by atoms with E-state index in [2.05, 4.69) is 4.90 Å². The quantitative estimate of drug-likeness (QED) is 0.733. The third-order valence-electron chi connectivity index (χ3n) is 4.49. The highest BCUT2D eigenvalue weighted by molar-refractivity contribution is 5.98. The molecular formula is C13H23NO4. The molecule has 0 bridgehead atoms. The molecule has 0 aromatic heterocycles. The molecule has 5 nitrogen and oxygen atoms in total. The largest absolute Gasteiger partial charge is 0.480 e. The summed E-state index contributed by atoms with van der Waals surface area (Å²) < 4.78 is 0. The van der Waals surface area contributed by atoms with Gasteiger partial charge in [-0.25, -0.2) is 0 Å². The Bertz CT molecular complexity index is 309. The van der Waals surface area contributed by atoms with Gasteiger partial charge in [0.15, 0.2) is 5.41 Å². The van der Waals surface area contributed by atoms with Crippen molar-refractivity contribution in [2.75, 3.05) is 13.1 Å². The van der Waals surface area contributed by atoms with Gasteiger partial charge in [-0.15, -0.1) is 0 Å². The van der Waals surface area contributed by atoms with Crippen LogP contribution in [-0.4, -0.2) is 46.2 Å². The van der Waals surface area contributed by atoms with Crippen LogP contribution < -0.4 is 0 Å². The van der Waals surface area contributed by atoms with Gasteiger partial charge in [-0.05, 0) is 45.7 Å². The maximum absolute atomic E-state index is 11.3. The predicted octanol–water partition coefficient (Wildman–Crippen LogP) is 1.67. The highest BCUT2D eigenvalue weighted by Gasteiger charge is 2.49. The summed E-state index contributed by atoms with van der Waals surface area (Å²) in [5.74, 6) is -2.96. The lowest BCUT2D eigenvalue weighted by atomic mass is 9.74. The third-order valence-corrected chi connectivity index (χ3v) is 4.49. The Labute approximate surface area is 108 Å². The van der Waals surface area contributed by atoms with Crippen molar-refractivity contribution in [3.05, 3.63) is 0 Å². The fourth-order valence-corrected chi connectivity index (χ4v) is 2.61. The Balaban J connectivity index is 2.85. The van der Waals surface area contributed by atoms with Crippen LogP contribution in [0.2, 0.25) is 0 Å². The molecule has 1 aliphatic rings. The van der Waals surface area contributed by atoms with Crippen LogP contribution in [0, 0.1) is 11.3 Å². The minimum Gasteiger partial charge on any atom is -0.480 e. The molecule has 2 atom stereocenters. The van der Waals surface area contributed by atoms with Gasteiger partial charge in [0.25, 0.3) is 0 Å². The van der Waals surface area contributed by atoms with Crippen LogP contribution in [0.1, 0.15) is 40.0 Å². The molecule has 1 saturated heterocycles. The molecule has 2 N–H and O–H groups in total. The SMILES string of the molecule is CC(C(C)C(C)(C(=O)O)C(=O)O)N1CCCCC1. The van der Waals surface area contributed by atoms with Gasteiger partial charge in [0, 0.05) is 6.04 Å². The van der Waals surface area contributed by atoms with Crippen LogP contribution in [0.5, 0.6) is 0 Å². The van der Waals surface area contributed by atoms with E-state index in [1.54, 1.807) is 6.92 Å². The predicted molar refractivity (Wildman–Crippen MR) is 67.4 cm³/mol. The van der Waals surface area contributed by atoms with Gasteiger partial charge in [-0.3, -0.25) is 9.59 Å². The second-order valence-electron chi connectivity index (χ2n) is 5.44. The molecule has 1 fully saturated rings. The van der Waals surface area contributed by atoms with E-state index < -0.39 is 23.3 Å². The molecule has 0 aromatic rings. The van der Waals surface area contributed by atoms with Crippen LogP contribution in [0.25, 0.3) is 0 Å². The molecule has 5 heteroatoms. The Morgan fingerprint density at radius 1 is 1.06 bits per heavy atom. The van der Waals surface area contributed by atoms with Gasteiger partial charge in [0.1, 0.15) is 0 Å². The van der Waals surface area contributed by atoms with Gasteiger partial charge in [-0.1, -0.05) is 13.3 Å². The van der Waals surface area contributed by atoms with E-state index in [0.29, 0.717) is 0 Å². The Morgan fingerprint density at radius 3 is 1.89 bits per heavy atom. The maximum Gasteiger partial charge on any atom is 0.321 e. The van der Waals surface area contributed by atoms with Crippen LogP contribution in [-0.2, 0) is 9.59 Å². The molecule has 0 aromatic carbocycles. The van der Waals surface area contributed by atoms with Gasteiger partial charge in [0.2, 0.25) is 0 Å². The fraction of sp³-hybridized carbons (Fsp3) is 0.846. The van der Waals surface area contributed by atoms with Crippen molar-refractivity contribution >= 4 is 11.9 Å². The van der Waals surface area contributed by atoms with E-state index in [4.69, 9.17) is 0 Å². The summed E-state index contributed by atoms with van der Waals surface area (Å²) >= 11 is 0. The normalized spacial score (nSPS) is 21.3. The number of aliphatic carboxylic acids is 2. The number of carboxylic acids is 2. The fourth-order valence-electron chi connectivity index (χ4n) is 2.61. The molecule has 1 heterocycles. The summed E-state index contributed by atoms with van der Waals surface area (Å²) in [4.78, 5) is 24.8. The second-order valence-corrected chi connectivity index (χ2v) is 5.44. The van der Waals surface area contributed by atoms with Crippen molar-refractivity contribution in [2.24, 2.45) is 11.3 Å². The van der Waals surface area contributed by atoms with E-state index in [9.17, 15) is 19.8 Å². The first-order valence-corrected chi connectivity index (χ1v) is 6.52. The van der Waals surface area contributed by atoms with Crippen LogP contribution in [0.4, 0.5) is 0 Å². The first-order chi connectivity index (χ1) is 8.31. The number of nitrogens with zero attached hydrogens (tertiary/aromatic N) is 1. The van der Waals surface area contributed by atoms with Crippen molar-refractivity contribution in [1.82, 2.24) is 4.90 Å². The standard InChI is InChI=1S/C13H23NO4/c1-9(13(3,11(15)16)12(17)18)10(2)14-7-5-4-6-8-14/h9-10H,4-8H2,1-3H3,(H,15,16)(H,17,18). The van der Waals surface area contributed by atoms with E-state index in [-0.39, 0.29) is 6.04 Å². The number of carboxylic acid groups (broad SMARTS) is 2. The summed E-state index contributed by atoms with van der Waals surface area (Å²) in [5, 5.41) is 18.4. The Kier molecular flexibility index (Phi) is 4.73. The lowest BCUT2D eigenvalue weighted by molar-refractivity contribution is -0.169. The smallest absolute Gasteiger partial charge is 0.321 e. The zero-order valence-corrected chi connectivity index (χ0v) is 11.3. The average molecular weight is 257 g/mol. The molecule has 0 aliphatic carbocycles. The molecule has 104 valence electrons. The van der Waals surface area contributed by atoms with E-state index in [0.717, 1.165) is 25.9 Å². The number of piperidine rings is 1. The summed E-state index contributed by atoms with van der Waals surface area (Å²) in [7, 11) is 0. The number of hydrogen-bond donors (Lipinski definition) is 2. The van der Waals surface area contributed by atoms with Crippen molar-refractivity contribution in [2.45, 2.75) is 46.1 Å². The maximum atomic E-state index is 11.3. The van der Waals surface area contributed by atoms with Crippen LogP contribution >= 0.6 is 0 Å². The number of carbonyl (C=O) groups is 2. The lowest BCUT2D eigenvalue weighted by Gasteiger charge is -2.40. The molecule has 1 aliphatic heterocycles. The van der Waals surface area contributed by atoms with Crippen molar-refractivity contribution in [3.8, 4) is 0 Å². The highest BCUT2D eigenvalue weighted by Crippen LogP contribution is 2.33. The highest BCUT2D eigenvalue weighted by atomic mass is 16.4. The Morgan fingerprint density at radius 2 is 1.50 bits per heavy atom. The molecule has 0 spiro atoms. The third kappa shape index (κ3) is 2.66. The molecule has 0 amide bonds. The first-order valence-electron chi connectivity index (χ1n) is 6.52. The van der Waals surface area contributed by atoms with E-state index >= 15 is 0 Å². The average Bonchev–Trinajstić information content (AvgIpc) is 2.36. The molecule has 0 saturated carbocycles. The van der Waals surface area contributed by atoms with Crippen molar-refractivity contribution in [3.63, 3.8) is 0 Å².